The van der Waals surface area contributed by atoms with Crippen molar-refractivity contribution in [3.05, 3.63) is 29.8 Å². The van der Waals surface area contributed by atoms with E-state index >= 15 is 0 Å². The minimum Gasteiger partial charge on any atom is -0.493 e. The van der Waals surface area contributed by atoms with Gasteiger partial charge < -0.3 is 15.6 Å². The van der Waals surface area contributed by atoms with Crippen LogP contribution in [-0.4, -0.2) is 35.7 Å². The predicted octanol–water partition coefficient (Wildman–Crippen LogP) is 1.07. The van der Waals surface area contributed by atoms with E-state index in [0.29, 0.717) is 12.2 Å². The molecule has 4 nitrogen and oxygen atoms in total. The van der Waals surface area contributed by atoms with Crippen LogP contribution in [0.2, 0.25) is 0 Å². The standard InChI is InChI=1S/C11H16N2O2S/c12-11(13)9-1-3-10(4-2-9)15-6-8-16-7-5-14/h1-4,14H,5-8H2,(H3,12,13). The molecule has 16 heavy (non-hydrogen) atoms. The van der Waals surface area contributed by atoms with Crippen LogP contribution in [0.1, 0.15) is 5.56 Å². The summed E-state index contributed by atoms with van der Waals surface area (Å²) >= 11 is 1.65. The van der Waals surface area contributed by atoms with Crippen molar-refractivity contribution in [3.63, 3.8) is 0 Å². The summed E-state index contributed by atoms with van der Waals surface area (Å²) in [5.41, 5.74) is 6.03. The second-order valence-electron chi connectivity index (χ2n) is 3.12. The van der Waals surface area contributed by atoms with Crippen LogP contribution in [0.3, 0.4) is 0 Å². The number of hydrogen-bond acceptors (Lipinski definition) is 4. The molecule has 1 aromatic carbocycles. The highest BCUT2D eigenvalue weighted by Gasteiger charge is 1.97. The van der Waals surface area contributed by atoms with Crippen molar-refractivity contribution in [1.29, 1.82) is 5.41 Å². The van der Waals surface area contributed by atoms with E-state index in [1.165, 1.54) is 0 Å². The number of ether oxygens (including phenoxy) is 1. The topological polar surface area (TPSA) is 79.3 Å². The molecule has 5 heteroatoms. The van der Waals surface area contributed by atoms with Crippen LogP contribution in [0.4, 0.5) is 0 Å². The summed E-state index contributed by atoms with van der Waals surface area (Å²) in [5.74, 6) is 2.43. The predicted molar refractivity (Wildman–Crippen MR) is 67.4 cm³/mol. The third-order valence-electron chi connectivity index (χ3n) is 1.90. The van der Waals surface area contributed by atoms with Gasteiger partial charge in [-0.2, -0.15) is 11.8 Å². The van der Waals surface area contributed by atoms with Crippen molar-refractivity contribution < 1.29 is 9.84 Å². The largest absolute Gasteiger partial charge is 0.493 e. The van der Waals surface area contributed by atoms with Crippen LogP contribution in [0.5, 0.6) is 5.75 Å². The quantitative estimate of drug-likeness (QED) is 0.378. The Balaban J connectivity index is 2.29. The fourth-order valence-corrected chi connectivity index (χ4v) is 1.65. The van der Waals surface area contributed by atoms with Crippen LogP contribution in [0.25, 0.3) is 0 Å². The maximum absolute atomic E-state index is 8.57. The van der Waals surface area contributed by atoms with E-state index in [1.54, 1.807) is 36.0 Å². The molecule has 0 saturated carbocycles. The molecular weight excluding hydrogens is 224 g/mol. The van der Waals surface area contributed by atoms with E-state index < -0.39 is 0 Å². The molecule has 88 valence electrons. The molecule has 0 amide bonds. The Morgan fingerprint density at radius 3 is 2.56 bits per heavy atom. The number of aliphatic hydroxyl groups is 1. The lowest BCUT2D eigenvalue weighted by Crippen LogP contribution is -2.10. The first-order chi connectivity index (χ1) is 7.74. The number of aliphatic hydroxyl groups excluding tert-OH is 1. The summed E-state index contributed by atoms with van der Waals surface area (Å²) in [6, 6.07) is 7.12. The third kappa shape index (κ3) is 4.55. The Morgan fingerprint density at radius 2 is 2.00 bits per heavy atom. The number of rotatable bonds is 7. The summed E-state index contributed by atoms with van der Waals surface area (Å²) < 4.78 is 5.47. The lowest BCUT2D eigenvalue weighted by Gasteiger charge is -2.06. The van der Waals surface area contributed by atoms with Crippen LogP contribution in [0, 0.1) is 5.41 Å². The monoisotopic (exact) mass is 240 g/mol. The lowest BCUT2D eigenvalue weighted by molar-refractivity contribution is 0.321. The van der Waals surface area contributed by atoms with Crippen LogP contribution in [0.15, 0.2) is 24.3 Å². The zero-order valence-electron chi connectivity index (χ0n) is 8.98. The molecule has 0 spiro atoms. The Labute approximate surface area is 99.3 Å². The highest BCUT2D eigenvalue weighted by molar-refractivity contribution is 7.99. The highest BCUT2D eigenvalue weighted by atomic mass is 32.2. The number of benzene rings is 1. The van der Waals surface area contributed by atoms with Gasteiger partial charge in [0.25, 0.3) is 0 Å². The molecule has 4 N–H and O–H groups in total. The van der Waals surface area contributed by atoms with Gasteiger partial charge in [-0.1, -0.05) is 0 Å². The first-order valence-electron chi connectivity index (χ1n) is 5.00. The molecule has 0 aliphatic rings. The molecule has 0 fully saturated rings. The van der Waals surface area contributed by atoms with Gasteiger partial charge in [0, 0.05) is 17.1 Å². The maximum atomic E-state index is 8.57. The number of nitrogen functional groups attached to an aromatic ring is 1. The average Bonchev–Trinajstić information content (AvgIpc) is 2.29. The van der Waals surface area contributed by atoms with Crippen molar-refractivity contribution in [3.8, 4) is 5.75 Å². The van der Waals surface area contributed by atoms with Crippen molar-refractivity contribution in [2.75, 3.05) is 24.7 Å². The zero-order valence-corrected chi connectivity index (χ0v) is 9.80. The van der Waals surface area contributed by atoms with Crippen LogP contribution < -0.4 is 10.5 Å². The van der Waals surface area contributed by atoms with Crippen molar-refractivity contribution in [1.82, 2.24) is 0 Å². The fourth-order valence-electron chi connectivity index (χ4n) is 1.12. The number of thioether (sulfide) groups is 1. The molecule has 1 aromatic rings. The van der Waals surface area contributed by atoms with Crippen molar-refractivity contribution in [2.45, 2.75) is 0 Å². The van der Waals surface area contributed by atoms with Gasteiger partial charge in [0.1, 0.15) is 11.6 Å². The molecule has 1 rings (SSSR count). The van der Waals surface area contributed by atoms with Gasteiger partial charge in [-0.25, -0.2) is 0 Å². The van der Waals surface area contributed by atoms with Crippen LogP contribution >= 0.6 is 11.8 Å². The molecule has 0 aromatic heterocycles. The molecule has 0 bridgehead atoms. The molecule has 0 aliphatic carbocycles. The molecule has 0 aliphatic heterocycles. The van der Waals surface area contributed by atoms with E-state index in [-0.39, 0.29) is 12.4 Å². The Morgan fingerprint density at radius 1 is 1.31 bits per heavy atom. The third-order valence-corrected chi connectivity index (χ3v) is 2.82. The van der Waals surface area contributed by atoms with E-state index in [9.17, 15) is 0 Å². The SMILES string of the molecule is N=C(N)c1ccc(OCCSCCO)cc1. The van der Waals surface area contributed by atoms with Gasteiger partial charge in [0.2, 0.25) is 0 Å². The van der Waals surface area contributed by atoms with Gasteiger partial charge in [-0.05, 0) is 24.3 Å². The molecule has 0 atom stereocenters. The van der Waals surface area contributed by atoms with Gasteiger partial charge in [0.05, 0.1) is 13.2 Å². The van der Waals surface area contributed by atoms with Gasteiger partial charge in [0.15, 0.2) is 0 Å². The second kappa shape index (κ2) is 7.14. The van der Waals surface area contributed by atoms with E-state index in [2.05, 4.69) is 0 Å². The summed E-state index contributed by atoms with van der Waals surface area (Å²) in [6.07, 6.45) is 0. The molecule has 0 unspecified atom stereocenters. The van der Waals surface area contributed by atoms with Crippen LogP contribution in [-0.2, 0) is 0 Å². The van der Waals surface area contributed by atoms with Gasteiger partial charge in [-0.15, -0.1) is 0 Å². The Hall–Kier alpha value is -1.20. The smallest absolute Gasteiger partial charge is 0.122 e. The molecule has 0 heterocycles. The summed E-state index contributed by atoms with van der Waals surface area (Å²) in [4.78, 5) is 0. The number of nitrogens with two attached hydrogens (primary N) is 1. The molecular formula is C11H16N2O2S. The average molecular weight is 240 g/mol. The van der Waals surface area contributed by atoms with E-state index in [1.807, 2.05) is 0 Å². The zero-order chi connectivity index (χ0) is 11.8. The molecule has 0 radical (unpaired) electrons. The van der Waals surface area contributed by atoms with E-state index in [0.717, 1.165) is 17.3 Å². The first kappa shape index (κ1) is 12.9. The van der Waals surface area contributed by atoms with Gasteiger partial charge in [-0.3, -0.25) is 5.41 Å². The van der Waals surface area contributed by atoms with Crippen molar-refractivity contribution >= 4 is 17.6 Å². The van der Waals surface area contributed by atoms with E-state index in [4.69, 9.17) is 21.0 Å². The second-order valence-corrected chi connectivity index (χ2v) is 4.35. The van der Waals surface area contributed by atoms with Crippen molar-refractivity contribution in [2.24, 2.45) is 5.73 Å². The number of hydrogen-bond donors (Lipinski definition) is 3. The summed E-state index contributed by atoms with van der Waals surface area (Å²) in [6.45, 7) is 0.821. The minimum atomic E-state index is 0.0602. The maximum Gasteiger partial charge on any atom is 0.122 e. The fraction of sp³-hybridized carbons (Fsp3) is 0.364. The Kier molecular flexibility index (Phi) is 5.74. The number of nitrogens with one attached hydrogen (secondary N) is 1. The first-order valence-corrected chi connectivity index (χ1v) is 6.15. The molecule has 0 saturated heterocycles. The highest BCUT2D eigenvalue weighted by Crippen LogP contribution is 2.12. The summed E-state index contributed by atoms with van der Waals surface area (Å²) in [7, 11) is 0. The summed E-state index contributed by atoms with van der Waals surface area (Å²) in [5, 5.41) is 15.8. The Bertz CT molecular complexity index is 327. The number of amidine groups is 1. The lowest BCUT2D eigenvalue weighted by atomic mass is 10.2. The normalized spacial score (nSPS) is 10.1. The van der Waals surface area contributed by atoms with Gasteiger partial charge >= 0.3 is 0 Å². The minimum absolute atomic E-state index is 0.0602.